The van der Waals surface area contributed by atoms with Gasteiger partial charge >= 0.3 is 0 Å². The van der Waals surface area contributed by atoms with Crippen LogP contribution in [0, 0.1) is 5.92 Å². The van der Waals surface area contributed by atoms with Gasteiger partial charge in [0.15, 0.2) is 5.78 Å². The van der Waals surface area contributed by atoms with Crippen LogP contribution in [0.15, 0.2) is 36.5 Å². The lowest BCUT2D eigenvalue weighted by Gasteiger charge is -2.31. The molecule has 1 saturated carbocycles. The Bertz CT molecular complexity index is 1000. The van der Waals surface area contributed by atoms with Gasteiger partial charge in [-0.25, -0.2) is 0 Å². The summed E-state index contributed by atoms with van der Waals surface area (Å²) < 4.78 is 0. The molecule has 3 rings (SSSR count). The van der Waals surface area contributed by atoms with Crippen LogP contribution in [0.25, 0.3) is 10.9 Å². The van der Waals surface area contributed by atoms with Crippen LogP contribution in [0.3, 0.4) is 0 Å². The number of Topliss-reactive ketones (excluding diaryl/α,β-unsaturated/α-hetero) is 1. The van der Waals surface area contributed by atoms with Crippen molar-refractivity contribution in [1.29, 1.82) is 0 Å². The third kappa shape index (κ3) is 7.55. The highest BCUT2D eigenvalue weighted by molar-refractivity contribution is 5.94. The van der Waals surface area contributed by atoms with Crippen LogP contribution in [0.2, 0.25) is 0 Å². The van der Waals surface area contributed by atoms with E-state index in [0.717, 1.165) is 48.6 Å². The van der Waals surface area contributed by atoms with Gasteiger partial charge in [0.2, 0.25) is 11.8 Å². The van der Waals surface area contributed by atoms with Gasteiger partial charge in [0, 0.05) is 44.2 Å². The monoisotopic (exact) mass is 482 g/mol. The van der Waals surface area contributed by atoms with Crippen molar-refractivity contribution in [3.63, 3.8) is 0 Å². The average molecular weight is 483 g/mol. The number of nitrogens with zero attached hydrogens (tertiary/aromatic N) is 2. The summed E-state index contributed by atoms with van der Waals surface area (Å²) in [4.78, 5) is 45.0. The van der Waals surface area contributed by atoms with Gasteiger partial charge in [-0.2, -0.15) is 0 Å². The summed E-state index contributed by atoms with van der Waals surface area (Å²) >= 11 is 0. The van der Waals surface area contributed by atoms with Crippen molar-refractivity contribution in [3.05, 3.63) is 42.1 Å². The number of nitrogens with one attached hydrogen (secondary N) is 1. The van der Waals surface area contributed by atoms with Crippen molar-refractivity contribution in [2.24, 2.45) is 23.1 Å². The molecule has 1 aliphatic carbocycles. The summed E-state index contributed by atoms with van der Waals surface area (Å²) in [7, 11) is 0. The van der Waals surface area contributed by atoms with Crippen LogP contribution in [0.1, 0.15) is 44.1 Å². The largest absolute Gasteiger partial charge is 0.345 e. The van der Waals surface area contributed by atoms with Gasteiger partial charge < -0.3 is 27.4 Å². The van der Waals surface area contributed by atoms with E-state index in [0.29, 0.717) is 26.2 Å². The maximum atomic E-state index is 13.4. The van der Waals surface area contributed by atoms with Crippen molar-refractivity contribution in [2.45, 2.75) is 57.0 Å². The number of rotatable bonds is 12. The van der Waals surface area contributed by atoms with Gasteiger partial charge in [-0.05, 0) is 36.5 Å². The number of aromatic nitrogens is 1. The number of fused-ring (bicyclic) bond motifs is 1. The molecule has 2 amide bonds. The van der Waals surface area contributed by atoms with Crippen LogP contribution in [-0.2, 0) is 20.8 Å². The highest BCUT2D eigenvalue weighted by atomic mass is 16.2. The second-order valence-corrected chi connectivity index (χ2v) is 9.33. The van der Waals surface area contributed by atoms with Gasteiger partial charge in [-0.3, -0.25) is 19.4 Å². The predicted molar refractivity (Wildman–Crippen MR) is 136 cm³/mol. The fourth-order valence-corrected chi connectivity index (χ4v) is 4.80. The molecule has 0 radical (unpaired) electrons. The van der Waals surface area contributed by atoms with E-state index in [4.69, 9.17) is 17.2 Å². The number of carbonyl (C=O) groups excluding carboxylic acids is 3. The van der Waals surface area contributed by atoms with E-state index in [9.17, 15) is 14.4 Å². The highest BCUT2D eigenvalue weighted by Gasteiger charge is 2.32. The summed E-state index contributed by atoms with van der Waals surface area (Å²) in [6.07, 6.45) is 6.67. The predicted octanol–water partition coefficient (Wildman–Crippen LogP) is 0.875. The standard InChI is InChI=1S/C26H38N6O3/c27-10-12-32(13-11-28)24(34)16-21(29)26(35)31-25(19-6-2-1-3-7-19)23(33)15-18-14-20-8-4-5-9-22(20)30-17-18/h4-5,8-9,14,17,19,21,25H,1-3,6-7,10-13,15-16,27-29H2,(H,31,35)/t21-,25-/m0/s1. The summed E-state index contributed by atoms with van der Waals surface area (Å²) in [5.74, 6) is -0.762. The van der Waals surface area contributed by atoms with Crippen molar-refractivity contribution in [2.75, 3.05) is 26.2 Å². The first kappa shape index (κ1) is 26.7. The Kier molecular flexibility index (Phi) is 10.1. The molecule has 1 aliphatic rings. The topological polar surface area (TPSA) is 157 Å². The molecule has 9 nitrogen and oxygen atoms in total. The molecule has 0 unspecified atom stereocenters. The molecular formula is C26H38N6O3. The molecule has 0 saturated heterocycles. The molecule has 7 N–H and O–H groups in total. The Balaban J connectivity index is 1.69. The lowest BCUT2D eigenvalue weighted by atomic mass is 9.81. The van der Waals surface area contributed by atoms with E-state index in [-0.39, 0.29) is 30.4 Å². The Morgan fingerprint density at radius 3 is 2.43 bits per heavy atom. The first-order valence-electron chi connectivity index (χ1n) is 12.5. The maximum Gasteiger partial charge on any atom is 0.238 e. The molecular weight excluding hydrogens is 444 g/mol. The third-order valence-corrected chi connectivity index (χ3v) is 6.67. The summed E-state index contributed by atoms with van der Waals surface area (Å²) in [6, 6.07) is 8.02. The molecule has 0 bridgehead atoms. The van der Waals surface area contributed by atoms with Crippen LogP contribution in [-0.4, -0.2) is 65.7 Å². The number of amides is 2. The number of benzene rings is 1. The number of hydrogen-bond donors (Lipinski definition) is 4. The normalized spacial score (nSPS) is 16.0. The van der Waals surface area contributed by atoms with Gasteiger partial charge in [-0.15, -0.1) is 0 Å². The van der Waals surface area contributed by atoms with E-state index in [1.54, 1.807) is 6.20 Å². The van der Waals surface area contributed by atoms with E-state index in [1.807, 2.05) is 30.3 Å². The number of hydrogen-bond acceptors (Lipinski definition) is 7. The zero-order valence-electron chi connectivity index (χ0n) is 20.3. The van der Waals surface area contributed by atoms with Crippen molar-refractivity contribution in [3.8, 4) is 0 Å². The Morgan fingerprint density at radius 1 is 1.06 bits per heavy atom. The number of pyridine rings is 1. The smallest absolute Gasteiger partial charge is 0.238 e. The molecule has 9 heteroatoms. The Hall–Kier alpha value is -2.88. The van der Waals surface area contributed by atoms with Gasteiger partial charge in [0.1, 0.15) is 0 Å². The van der Waals surface area contributed by atoms with Crippen molar-refractivity contribution < 1.29 is 14.4 Å². The number of para-hydroxylation sites is 1. The number of carbonyl (C=O) groups is 3. The first-order valence-corrected chi connectivity index (χ1v) is 12.5. The molecule has 1 fully saturated rings. The molecule has 0 spiro atoms. The molecule has 0 aliphatic heterocycles. The second kappa shape index (κ2) is 13.3. The lowest BCUT2D eigenvalue weighted by Crippen LogP contribution is -2.53. The molecule has 190 valence electrons. The van der Waals surface area contributed by atoms with Crippen molar-refractivity contribution >= 4 is 28.5 Å². The van der Waals surface area contributed by atoms with E-state index in [1.165, 1.54) is 4.90 Å². The van der Waals surface area contributed by atoms with Crippen LogP contribution in [0.4, 0.5) is 0 Å². The minimum atomic E-state index is -1.05. The minimum Gasteiger partial charge on any atom is -0.345 e. The molecule has 2 aromatic rings. The quantitative estimate of drug-likeness (QED) is 0.349. The summed E-state index contributed by atoms with van der Waals surface area (Å²) in [6.45, 7) is 1.31. The van der Waals surface area contributed by atoms with Crippen LogP contribution >= 0.6 is 0 Å². The minimum absolute atomic E-state index is 0.0579. The summed E-state index contributed by atoms with van der Waals surface area (Å²) in [5, 5.41) is 3.87. The molecule has 1 heterocycles. The van der Waals surface area contributed by atoms with Crippen LogP contribution in [0.5, 0.6) is 0 Å². The summed E-state index contributed by atoms with van der Waals surface area (Å²) in [5.41, 5.74) is 18.9. The molecule has 2 atom stereocenters. The molecule has 1 aromatic heterocycles. The number of ketones is 1. The first-order chi connectivity index (χ1) is 16.9. The Morgan fingerprint density at radius 2 is 1.74 bits per heavy atom. The Labute approximate surface area is 206 Å². The number of nitrogens with two attached hydrogens (primary N) is 3. The van der Waals surface area contributed by atoms with Gasteiger partial charge in [0.25, 0.3) is 0 Å². The van der Waals surface area contributed by atoms with E-state index >= 15 is 0 Å². The highest BCUT2D eigenvalue weighted by Crippen LogP contribution is 2.28. The van der Waals surface area contributed by atoms with Gasteiger partial charge in [-0.1, -0.05) is 37.5 Å². The van der Waals surface area contributed by atoms with E-state index in [2.05, 4.69) is 10.3 Å². The molecule has 35 heavy (non-hydrogen) atoms. The molecule has 1 aromatic carbocycles. The third-order valence-electron chi connectivity index (χ3n) is 6.67. The lowest BCUT2D eigenvalue weighted by molar-refractivity contribution is -0.135. The zero-order valence-corrected chi connectivity index (χ0v) is 20.3. The van der Waals surface area contributed by atoms with E-state index < -0.39 is 18.0 Å². The van der Waals surface area contributed by atoms with Gasteiger partial charge in [0.05, 0.1) is 24.0 Å². The van der Waals surface area contributed by atoms with Crippen LogP contribution < -0.4 is 22.5 Å². The van der Waals surface area contributed by atoms with Crippen molar-refractivity contribution in [1.82, 2.24) is 15.2 Å². The fourth-order valence-electron chi connectivity index (χ4n) is 4.80. The fraction of sp³-hybridized carbons (Fsp3) is 0.538. The second-order valence-electron chi connectivity index (χ2n) is 9.33. The average Bonchev–Trinajstić information content (AvgIpc) is 2.87. The SMILES string of the molecule is NCCN(CCN)C(=O)C[C@H](N)C(=O)N[C@H](C(=O)Cc1cnc2ccccc2c1)C1CCCCC1. The zero-order chi connectivity index (χ0) is 25.2. The maximum absolute atomic E-state index is 13.4.